The number of morpholine rings is 1. The van der Waals surface area contributed by atoms with Crippen LogP contribution in [0, 0.1) is 5.92 Å². The molecule has 3 rings (SSSR count). The fourth-order valence-corrected chi connectivity index (χ4v) is 3.69. The van der Waals surface area contributed by atoms with Crippen LogP contribution in [0.1, 0.15) is 44.1 Å². The summed E-state index contributed by atoms with van der Waals surface area (Å²) in [5.41, 5.74) is 1.30. The molecule has 0 spiro atoms. The highest BCUT2D eigenvalue weighted by Crippen LogP contribution is 2.23. The molecule has 1 aromatic rings. The van der Waals surface area contributed by atoms with Crippen molar-refractivity contribution < 1.29 is 14.3 Å². The minimum absolute atomic E-state index is 0.233. The van der Waals surface area contributed by atoms with Gasteiger partial charge in [-0.25, -0.2) is 0 Å². The lowest BCUT2D eigenvalue weighted by Gasteiger charge is -2.26. The zero-order chi connectivity index (χ0) is 18.0. The van der Waals surface area contributed by atoms with Gasteiger partial charge in [-0.2, -0.15) is 0 Å². The van der Waals surface area contributed by atoms with E-state index in [0.29, 0.717) is 13.2 Å². The highest BCUT2D eigenvalue weighted by atomic mass is 16.5. The second-order valence-corrected chi connectivity index (χ2v) is 7.36. The molecule has 0 atom stereocenters. The van der Waals surface area contributed by atoms with Crippen molar-refractivity contribution in [3.05, 3.63) is 29.8 Å². The van der Waals surface area contributed by atoms with E-state index in [1.165, 1.54) is 24.8 Å². The normalized spacial score (nSPS) is 19.2. The zero-order valence-electron chi connectivity index (χ0n) is 15.8. The molecule has 26 heavy (non-hydrogen) atoms. The van der Waals surface area contributed by atoms with E-state index in [4.69, 9.17) is 9.47 Å². The molecule has 5 nitrogen and oxygen atoms in total. The molecule has 2 aliphatic rings. The van der Waals surface area contributed by atoms with E-state index in [2.05, 4.69) is 22.3 Å². The molecule has 0 unspecified atom stereocenters. The van der Waals surface area contributed by atoms with Gasteiger partial charge < -0.3 is 14.8 Å². The summed E-state index contributed by atoms with van der Waals surface area (Å²) in [5.74, 6) is 1.37. The Balaban J connectivity index is 1.29. The Kier molecular flexibility index (Phi) is 7.77. The highest BCUT2D eigenvalue weighted by Gasteiger charge is 2.20. The average molecular weight is 360 g/mol. The first-order valence-electron chi connectivity index (χ1n) is 10.1. The number of hydrogen-bond acceptors (Lipinski definition) is 4. The van der Waals surface area contributed by atoms with Crippen molar-refractivity contribution in [1.82, 2.24) is 10.2 Å². The lowest BCUT2D eigenvalue weighted by atomic mass is 9.89. The van der Waals surface area contributed by atoms with Gasteiger partial charge in [0.05, 0.1) is 19.8 Å². The molecule has 1 aliphatic heterocycles. The van der Waals surface area contributed by atoms with Gasteiger partial charge in [-0.1, -0.05) is 31.4 Å². The summed E-state index contributed by atoms with van der Waals surface area (Å²) in [7, 11) is 0. The fraction of sp³-hybridized carbons (Fsp3) is 0.667. The Labute approximate surface area is 157 Å². The first-order chi connectivity index (χ1) is 12.8. The molecule has 0 aromatic heterocycles. The number of nitrogens with one attached hydrogen (secondary N) is 1. The van der Waals surface area contributed by atoms with Gasteiger partial charge in [0.25, 0.3) is 0 Å². The van der Waals surface area contributed by atoms with Crippen LogP contribution in [0.15, 0.2) is 24.3 Å². The number of hydrogen-bond donors (Lipinski definition) is 1. The molecule has 1 amide bonds. The molecule has 0 radical (unpaired) electrons. The SMILES string of the molecule is O=C(NCCCOc1ccc(CN2CCOCC2)cc1)C1CCCCC1. The van der Waals surface area contributed by atoms with Crippen LogP contribution in [-0.2, 0) is 16.1 Å². The van der Waals surface area contributed by atoms with Crippen LogP contribution in [0.25, 0.3) is 0 Å². The molecule has 1 N–H and O–H groups in total. The monoisotopic (exact) mass is 360 g/mol. The average Bonchev–Trinajstić information content (AvgIpc) is 2.70. The molecule has 1 heterocycles. The largest absolute Gasteiger partial charge is 0.494 e. The van der Waals surface area contributed by atoms with Crippen LogP contribution in [-0.4, -0.2) is 50.3 Å². The molecule has 144 valence electrons. The zero-order valence-corrected chi connectivity index (χ0v) is 15.8. The van der Waals surface area contributed by atoms with Crippen molar-refractivity contribution in [2.45, 2.75) is 45.1 Å². The third kappa shape index (κ3) is 6.29. The predicted molar refractivity (Wildman–Crippen MR) is 102 cm³/mol. The maximum absolute atomic E-state index is 12.1. The number of amides is 1. The van der Waals surface area contributed by atoms with E-state index in [0.717, 1.165) is 57.9 Å². The molecule has 0 bridgehead atoms. The van der Waals surface area contributed by atoms with Gasteiger partial charge in [0, 0.05) is 32.1 Å². The summed E-state index contributed by atoms with van der Waals surface area (Å²) in [6, 6.07) is 8.35. The molecule has 1 aromatic carbocycles. The Bertz CT molecular complexity index is 535. The van der Waals surface area contributed by atoms with Crippen LogP contribution >= 0.6 is 0 Å². The third-order valence-electron chi connectivity index (χ3n) is 5.30. The van der Waals surface area contributed by atoms with E-state index >= 15 is 0 Å². The van der Waals surface area contributed by atoms with Gasteiger partial charge in [0.2, 0.25) is 5.91 Å². The van der Waals surface area contributed by atoms with Crippen LogP contribution in [0.5, 0.6) is 5.75 Å². The summed E-state index contributed by atoms with van der Waals surface area (Å²) < 4.78 is 11.2. The van der Waals surface area contributed by atoms with Gasteiger partial charge >= 0.3 is 0 Å². The van der Waals surface area contributed by atoms with Crippen LogP contribution < -0.4 is 10.1 Å². The smallest absolute Gasteiger partial charge is 0.223 e. The Hall–Kier alpha value is -1.59. The molecule has 5 heteroatoms. The summed E-state index contributed by atoms with van der Waals surface area (Å²) in [4.78, 5) is 14.5. The number of nitrogens with zero attached hydrogens (tertiary/aromatic N) is 1. The summed E-state index contributed by atoms with van der Waals surface area (Å²) in [6.45, 7) is 5.97. The highest BCUT2D eigenvalue weighted by molar-refractivity contribution is 5.78. The van der Waals surface area contributed by atoms with Crippen molar-refractivity contribution >= 4 is 5.91 Å². The number of rotatable bonds is 8. The fourth-order valence-electron chi connectivity index (χ4n) is 3.69. The Morgan fingerprint density at radius 3 is 2.58 bits per heavy atom. The van der Waals surface area contributed by atoms with Gasteiger partial charge in [-0.3, -0.25) is 9.69 Å². The topological polar surface area (TPSA) is 50.8 Å². The van der Waals surface area contributed by atoms with E-state index < -0.39 is 0 Å². The number of ether oxygens (including phenoxy) is 2. The first-order valence-corrected chi connectivity index (χ1v) is 10.1. The Morgan fingerprint density at radius 1 is 1.12 bits per heavy atom. The third-order valence-corrected chi connectivity index (χ3v) is 5.30. The molecular formula is C21H32N2O3. The van der Waals surface area contributed by atoms with Crippen LogP contribution in [0.4, 0.5) is 0 Å². The van der Waals surface area contributed by atoms with Crippen molar-refractivity contribution in [2.75, 3.05) is 39.5 Å². The quantitative estimate of drug-likeness (QED) is 0.724. The van der Waals surface area contributed by atoms with E-state index in [-0.39, 0.29) is 11.8 Å². The molecular weight excluding hydrogens is 328 g/mol. The molecule has 1 saturated carbocycles. The van der Waals surface area contributed by atoms with Crippen molar-refractivity contribution in [3.8, 4) is 5.75 Å². The maximum atomic E-state index is 12.1. The lowest BCUT2D eigenvalue weighted by molar-refractivity contribution is -0.125. The van der Waals surface area contributed by atoms with Crippen molar-refractivity contribution in [3.63, 3.8) is 0 Å². The summed E-state index contributed by atoms with van der Waals surface area (Å²) in [6.07, 6.45) is 6.63. The van der Waals surface area contributed by atoms with Crippen LogP contribution in [0.2, 0.25) is 0 Å². The van der Waals surface area contributed by atoms with Crippen LogP contribution in [0.3, 0.4) is 0 Å². The van der Waals surface area contributed by atoms with E-state index in [1.807, 2.05) is 12.1 Å². The van der Waals surface area contributed by atoms with Gasteiger partial charge in [0.1, 0.15) is 5.75 Å². The van der Waals surface area contributed by atoms with Gasteiger partial charge in [-0.15, -0.1) is 0 Å². The molecule has 2 fully saturated rings. The number of benzene rings is 1. The molecule has 1 saturated heterocycles. The van der Waals surface area contributed by atoms with Crippen molar-refractivity contribution in [1.29, 1.82) is 0 Å². The summed E-state index contributed by atoms with van der Waals surface area (Å²) in [5, 5.41) is 3.06. The van der Waals surface area contributed by atoms with E-state index in [9.17, 15) is 4.79 Å². The Morgan fingerprint density at radius 2 is 1.85 bits per heavy atom. The second kappa shape index (κ2) is 10.5. The van der Waals surface area contributed by atoms with Crippen molar-refractivity contribution in [2.24, 2.45) is 5.92 Å². The minimum atomic E-state index is 0.233. The summed E-state index contributed by atoms with van der Waals surface area (Å²) >= 11 is 0. The predicted octanol–water partition coefficient (Wildman–Crippen LogP) is 2.98. The lowest BCUT2D eigenvalue weighted by Crippen LogP contribution is -2.35. The van der Waals surface area contributed by atoms with Gasteiger partial charge in [0.15, 0.2) is 0 Å². The maximum Gasteiger partial charge on any atom is 0.223 e. The number of carbonyl (C=O) groups is 1. The minimum Gasteiger partial charge on any atom is -0.494 e. The molecule has 1 aliphatic carbocycles. The van der Waals surface area contributed by atoms with Gasteiger partial charge in [-0.05, 0) is 37.0 Å². The van der Waals surface area contributed by atoms with E-state index in [1.54, 1.807) is 0 Å². The first kappa shape index (κ1) is 19.2. The second-order valence-electron chi connectivity index (χ2n) is 7.36. The standard InChI is InChI=1S/C21H32N2O3/c24-21(19-5-2-1-3-6-19)22-11-4-14-26-20-9-7-18(8-10-20)17-23-12-15-25-16-13-23/h7-10,19H,1-6,11-17H2,(H,22,24). The number of carbonyl (C=O) groups excluding carboxylic acids is 1.